The van der Waals surface area contributed by atoms with E-state index in [4.69, 9.17) is 11.0 Å². The third kappa shape index (κ3) is 3.96. The maximum absolute atomic E-state index is 12.6. The van der Waals surface area contributed by atoms with E-state index in [1.807, 2.05) is 6.07 Å². The smallest absolute Gasteiger partial charge is 0.255 e. The monoisotopic (exact) mass is 362 g/mol. The minimum Gasteiger partial charge on any atom is -0.368 e. The number of nitrogens with zero attached hydrogens (tertiary/aromatic N) is 2. The van der Waals surface area contributed by atoms with Gasteiger partial charge in [-0.1, -0.05) is 0 Å². The van der Waals surface area contributed by atoms with Gasteiger partial charge < -0.3 is 16.0 Å². The highest BCUT2D eigenvalue weighted by Gasteiger charge is 2.33. The van der Waals surface area contributed by atoms with Crippen molar-refractivity contribution in [3.63, 3.8) is 0 Å². The van der Waals surface area contributed by atoms with Crippen LogP contribution in [0.1, 0.15) is 39.1 Å². The van der Waals surface area contributed by atoms with Crippen molar-refractivity contribution >= 4 is 23.4 Å². The first kappa shape index (κ1) is 18.1. The summed E-state index contributed by atoms with van der Waals surface area (Å²) in [7, 11) is 0. The molecular weight excluding hydrogens is 344 g/mol. The first-order valence-corrected chi connectivity index (χ1v) is 8.51. The Morgan fingerprint density at radius 3 is 2.26 bits per heavy atom. The van der Waals surface area contributed by atoms with Gasteiger partial charge in [-0.3, -0.25) is 14.4 Å². The normalized spacial score (nSPS) is 15.8. The number of likely N-dealkylation sites (tertiary alicyclic amines) is 1. The zero-order chi connectivity index (χ0) is 19.4. The average Bonchev–Trinajstić information content (AvgIpc) is 3.18. The quantitative estimate of drug-likeness (QED) is 0.864. The van der Waals surface area contributed by atoms with Gasteiger partial charge in [0, 0.05) is 23.4 Å². The lowest BCUT2D eigenvalue weighted by atomic mass is 10.1. The van der Waals surface area contributed by atoms with Crippen molar-refractivity contribution < 1.29 is 14.4 Å². The van der Waals surface area contributed by atoms with Crippen molar-refractivity contribution in [2.24, 2.45) is 5.73 Å². The molecule has 0 unspecified atom stereocenters. The molecular formula is C20H18N4O3. The fraction of sp³-hybridized carbons (Fsp3) is 0.200. The lowest BCUT2D eigenvalue weighted by Gasteiger charge is -2.22. The highest BCUT2D eigenvalue weighted by molar-refractivity contribution is 6.04. The topological polar surface area (TPSA) is 116 Å². The molecule has 3 rings (SSSR count). The van der Waals surface area contributed by atoms with E-state index in [0.29, 0.717) is 35.3 Å². The second-order valence-corrected chi connectivity index (χ2v) is 6.28. The summed E-state index contributed by atoms with van der Waals surface area (Å²) in [6.07, 6.45) is 1.33. The summed E-state index contributed by atoms with van der Waals surface area (Å²) >= 11 is 0. The summed E-state index contributed by atoms with van der Waals surface area (Å²) in [4.78, 5) is 37.8. The summed E-state index contributed by atoms with van der Waals surface area (Å²) in [6.45, 7) is 0.504. The third-order valence-corrected chi connectivity index (χ3v) is 4.51. The van der Waals surface area contributed by atoms with Gasteiger partial charge in [0.05, 0.1) is 11.6 Å². The van der Waals surface area contributed by atoms with Crippen LogP contribution in [-0.2, 0) is 4.79 Å². The molecule has 0 aliphatic carbocycles. The number of amides is 3. The molecule has 27 heavy (non-hydrogen) atoms. The molecule has 1 heterocycles. The molecule has 1 saturated heterocycles. The molecule has 0 radical (unpaired) electrons. The van der Waals surface area contributed by atoms with Crippen LogP contribution in [-0.4, -0.2) is 35.2 Å². The molecule has 2 aromatic rings. The van der Waals surface area contributed by atoms with Crippen LogP contribution in [0.15, 0.2) is 48.5 Å². The highest BCUT2D eigenvalue weighted by Crippen LogP contribution is 2.21. The Hall–Kier alpha value is -3.66. The van der Waals surface area contributed by atoms with Gasteiger partial charge in [-0.2, -0.15) is 5.26 Å². The van der Waals surface area contributed by atoms with Gasteiger partial charge in [0.1, 0.15) is 6.04 Å². The second kappa shape index (κ2) is 7.70. The minimum absolute atomic E-state index is 0.249. The predicted molar refractivity (Wildman–Crippen MR) is 98.8 cm³/mol. The number of benzene rings is 2. The van der Waals surface area contributed by atoms with E-state index in [2.05, 4.69) is 5.32 Å². The summed E-state index contributed by atoms with van der Waals surface area (Å²) in [5.74, 6) is -1.06. The van der Waals surface area contributed by atoms with Crippen molar-refractivity contribution in [1.29, 1.82) is 5.26 Å². The molecule has 0 aromatic heterocycles. The van der Waals surface area contributed by atoms with E-state index >= 15 is 0 Å². The van der Waals surface area contributed by atoms with Gasteiger partial charge in [0.15, 0.2) is 0 Å². The number of primary amides is 1. The van der Waals surface area contributed by atoms with Crippen molar-refractivity contribution in [2.75, 3.05) is 11.9 Å². The fourth-order valence-electron chi connectivity index (χ4n) is 3.07. The standard InChI is InChI=1S/C20H18N4O3/c21-12-13-3-5-14(6-4-13)19(26)23-16-9-7-15(8-10-16)20(27)24-11-1-2-17(24)18(22)25/h3-10,17H,1-2,11H2,(H2,22,25)(H,23,26)/t17-/m0/s1. The molecule has 1 atom stereocenters. The third-order valence-electron chi connectivity index (χ3n) is 4.51. The summed E-state index contributed by atoms with van der Waals surface area (Å²) in [6, 6.07) is 14.2. The van der Waals surface area contributed by atoms with E-state index in [0.717, 1.165) is 6.42 Å². The molecule has 0 saturated carbocycles. The minimum atomic E-state index is -0.562. The van der Waals surface area contributed by atoms with Crippen molar-refractivity contribution in [3.8, 4) is 6.07 Å². The van der Waals surface area contributed by atoms with Crippen LogP contribution in [0.25, 0.3) is 0 Å². The number of carbonyl (C=O) groups excluding carboxylic acids is 3. The molecule has 0 spiro atoms. The van der Waals surface area contributed by atoms with Crippen molar-refractivity contribution in [1.82, 2.24) is 4.90 Å². The largest absolute Gasteiger partial charge is 0.368 e. The maximum atomic E-state index is 12.6. The lowest BCUT2D eigenvalue weighted by Crippen LogP contribution is -2.43. The van der Waals surface area contributed by atoms with Crippen LogP contribution >= 0.6 is 0 Å². The average molecular weight is 362 g/mol. The number of anilines is 1. The lowest BCUT2D eigenvalue weighted by molar-refractivity contribution is -0.121. The fourth-order valence-corrected chi connectivity index (χ4v) is 3.07. The van der Waals surface area contributed by atoms with Crippen LogP contribution in [0, 0.1) is 11.3 Å². The Labute approximate surface area is 156 Å². The van der Waals surface area contributed by atoms with Gasteiger partial charge in [-0.25, -0.2) is 0 Å². The number of carbonyl (C=O) groups is 3. The number of nitrogens with one attached hydrogen (secondary N) is 1. The van der Waals surface area contributed by atoms with Crippen molar-refractivity contribution in [3.05, 3.63) is 65.2 Å². The van der Waals surface area contributed by atoms with E-state index in [-0.39, 0.29) is 11.8 Å². The van der Waals surface area contributed by atoms with Gasteiger partial charge >= 0.3 is 0 Å². The molecule has 1 aliphatic rings. The first-order valence-electron chi connectivity index (χ1n) is 8.51. The van der Waals surface area contributed by atoms with E-state index in [1.54, 1.807) is 48.5 Å². The van der Waals surface area contributed by atoms with Gasteiger partial charge in [0.25, 0.3) is 11.8 Å². The second-order valence-electron chi connectivity index (χ2n) is 6.28. The molecule has 2 aromatic carbocycles. The van der Waals surface area contributed by atoms with Crippen molar-refractivity contribution in [2.45, 2.75) is 18.9 Å². The van der Waals surface area contributed by atoms with Crippen LogP contribution in [0.5, 0.6) is 0 Å². The zero-order valence-corrected chi connectivity index (χ0v) is 14.5. The summed E-state index contributed by atoms with van der Waals surface area (Å²) < 4.78 is 0. The van der Waals surface area contributed by atoms with E-state index < -0.39 is 11.9 Å². The van der Waals surface area contributed by atoms with E-state index in [1.165, 1.54) is 4.90 Å². The Bertz CT molecular complexity index is 914. The molecule has 1 aliphatic heterocycles. The Kier molecular flexibility index (Phi) is 5.18. The highest BCUT2D eigenvalue weighted by atomic mass is 16.2. The maximum Gasteiger partial charge on any atom is 0.255 e. The van der Waals surface area contributed by atoms with Crippen LogP contribution < -0.4 is 11.1 Å². The molecule has 136 valence electrons. The Morgan fingerprint density at radius 2 is 1.67 bits per heavy atom. The molecule has 7 heteroatoms. The molecule has 3 N–H and O–H groups in total. The molecule has 0 bridgehead atoms. The summed E-state index contributed by atoms with van der Waals surface area (Å²) in [5.41, 5.74) is 7.23. The Morgan fingerprint density at radius 1 is 1.04 bits per heavy atom. The number of rotatable bonds is 4. The molecule has 3 amide bonds. The van der Waals surface area contributed by atoms with E-state index in [9.17, 15) is 14.4 Å². The molecule has 7 nitrogen and oxygen atoms in total. The number of hydrogen-bond donors (Lipinski definition) is 2. The summed E-state index contributed by atoms with van der Waals surface area (Å²) in [5, 5.41) is 11.5. The van der Waals surface area contributed by atoms with Gasteiger partial charge in [0.2, 0.25) is 5.91 Å². The van der Waals surface area contributed by atoms with Crippen LogP contribution in [0.3, 0.4) is 0 Å². The van der Waals surface area contributed by atoms with Gasteiger partial charge in [-0.15, -0.1) is 0 Å². The van der Waals surface area contributed by atoms with Gasteiger partial charge in [-0.05, 0) is 61.4 Å². The Balaban J connectivity index is 1.68. The first-order chi connectivity index (χ1) is 13.0. The number of nitriles is 1. The zero-order valence-electron chi connectivity index (χ0n) is 14.5. The van der Waals surface area contributed by atoms with Crippen LogP contribution in [0.4, 0.5) is 5.69 Å². The number of nitrogens with two attached hydrogens (primary N) is 1. The predicted octanol–water partition coefficient (Wildman–Crippen LogP) is 1.90. The van der Waals surface area contributed by atoms with Crippen LogP contribution in [0.2, 0.25) is 0 Å². The molecule has 1 fully saturated rings. The SMILES string of the molecule is N#Cc1ccc(C(=O)Nc2ccc(C(=O)N3CCC[C@H]3C(N)=O)cc2)cc1. The number of hydrogen-bond acceptors (Lipinski definition) is 4.